The van der Waals surface area contributed by atoms with Crippen LogP contribution in [0, 0.1) is 0 Å². The van der Waals surface area contributed by atoms with E-state index in [0.29, 0.717) is 12.6 Å². The lowest BCUT2D eigenvalue weighted by atomic mass is 10.2. The molecule has 2 aromatic rings. The van der Waals surface area contributed by atoms with Crippen molar-refractivity contribution in [2.75, 3.05) is 13.7 Å². The summed E-state index contributed by atoms with van der Waals surface area (Å²) < 4.78 is 11.0. The topological polar surface area (TPSA) is 58.7 Å². The van der Waals surface area contributed by atoms with Crippen LogP contribution < -0.4 is 0 Å². The number of hydrogen-bond donors (Lipinski definition) is 1. The van der Waals surface area contributed by atoms with E-state index < -0.39 is 6.10 Å². The highest BCUT2D eigenvalue weighted by Gasteiger charge is 2.29. The van der Waals surface area contributed by atoms with E-state index >= 15 is 0 Å². The van der Waals surface area contributed by atoms with E-state index in [1.807, 2.05) is 6.07 Å². The highest BCUT2D eigenvalue weighted by atomic mass is 32.1. The maximum Gasteiger partial charge on any atom is 0.129 e. The predicted octanol–water partition coefficient (Wildman–Crippen LogP) is 3.27. The lowest BCUT2D eigenvalue weighted by Crippen LogP contribution is -2.22. The molecule has 0 amide bonds. The molecule has 6 heteroatoms. The Balaban J connectivity index is 1.69. The number of rotatable bonds is 6. The maximum absolute atomic E-state index is 9.61. The molecule has 1 aliphatic rings. The van der Waals surface area contributed by atoms with E-state index in [1.54, 1.807) is 31.6 Å². The molecule has 1 saturated heterocycles. The van der Waals surface area contributed by atoms with Gasteiger partial charge >= 0.3 is 0 Å². The van der Waals surface area contributed by atoms with Gasteiger partial charge in [0.05, 0.1) is 23.6 Å². The van der Waals surface area contributed by atoms with Gasteiger partial charge in [0.15, 0.2) is 0 Å². The van der Waals surface area contributed by atoms with Crippen LogP contribution in [-0.4, -0.2) is 28.6 Å². The summed E-state index contributed by atoms with van der Waals surface area (Å²) in [6.45, 7) is 4.14. The molecule has 0 aliphatic carbocycles. The number of hydrogen-bond acceptors (Lipinski definition) is 6. The summed E-state index contributed by atoms with van der Waals surface area (Å²) in [4.78, 5) is 7.76. The van der Waals surface area contributed by atoms with Gasteiger partial charge in [0.25, 0.3) is 0 Å². The van der Waals surface area contributed by atoms with Crippen LogP contribution in [0.25, 0.3) is 0 Å². The van der Waals surface area contributed by atoms with Crippen molar-refractivity contribution in [1.29, 1.82) is 0 Å². The van der Waals surface area contributed by atoms with Crippen molar-refractivity contribution in [3.8, 4) is 0 Å². The first-order valence-electron chi connectivity index (χ1n) is 7.61. The number of ether oxygens (including phenoxy) is 1. The van der Waals surface area contributed by atoms with Crippen molar-refractivity contribution in [3.63, 3.8) is 0 Å². The summed E-state index contributed by atoms with van der Waals surface area (Å²) in [5, 5.41) is 10.7. The van der Waals surface area contributed by atoms with Gasteiger partial charge in [-0.2, -0.15) is 0 Å². The molecule has 3 heterocycles. The largest absolute Gasteiger partial charge is 0.462 e. The number of aliphatic hydroxyl groups is 1. The van der Waals surface area contributed by atoms with Crippen LogP contribution in [0.5, 0.6) is 0 Å². The van der Waals surface area contributed by atoms with E-state index in [0.717, 1.165) is 40.9 Å². The van der Waals surface area contributed by atoms with Gasteiger partial charge in [0, 0.05) is 13.3 Å². The van der Waals surface area contributed by atoms with Gasteiger partial charge in [-0.25, -0.2) is 4.98 Å². The van der Waals surface area contributed by atoms with Crippen molar-refractivity contribution in [2.45, 2.75) is 45.1 Å². The normalized spacial score (nSPS) is 20.6. The third-order valence-electron chi connectivity index (χ3n) is 3.98. The average Bonchev–Trinajstić information content (AvgIpc) is 3.19. The molecule has 1 fully saturated rings. The van der Waals surface area contributed by atoms with Gasteiger partial charge in [-0.1, -0.05) is 0 Å². The van der Waals surface area contributed by atoms with Gasteiger partial charge in [0.1, 0.15) is 23.1 Å². The number of nitrogens with zero attached hydrogens (tertiary/aromatic N) is 2. The first kappa shape index (κ1) is 15.7. The van der Waals surface area contributed by atoms with E-state index in [-0.39, 0.29) is 0 Å². The summed E-state index contributed by atoms with van der Waals surface area (Å²) in [6, 6.07) is 4.36. The molecule has 0 bridgehead atoms. The number of furan rings is 1. The SMILES string of the molecule is COCc1ccc([C@H]2CCCN2Cc2ncc([C@@H](C)O)s2)o1. The van der Waals surface area contributed by atoms with Crippen molar-refractivity contribution >= 4 is 11.3 Å². The van der Waals surface area contributed by atoms with Crippen LogP contribution in [0.2, 0.25) is 0 Å². The number of aliphatic hydroxyl groups excluding tert-OH is 1. The lowest BCUT2D eigenvalue weighted by Gasteiger charge is -2.21. The lowest BCUT2D eigenvalue weighted by molar-refractivity contribution is 0.155. The second kappa shape index (κ2) is 6.91. The van der Waals surface area contributed by atoms with Crippen LogP contribution in [0.3, 0.4) is 0 Å². The summed E-state index contributed by atoms with van der Waals surface area (Å²) in [6.07, 6.45) is 3.61. The molecule has 0 spiro atoms. The quantitative estimate of drug-likeness (QED) is 0.884. The van der Waals surface area contributed by atoms with Crippen molar-refractivity contribution in [3.05, 3.63) is 39.7 Å². The molecule has 0 aromatic carbocycles. The van der Waals surface area contributed by atoms with E-state index in [2.05, 4.69) is 16.0 Å². The Morgan fingerprint density at radius 2 is 2.41 bits per heavy atom. The zero-order valence-electron chi connectivity index (χ0n) is 13.0. The third-order valence-corrected chi connectivity index (χ3v) is 5.14. The van der Waals surface area contributed by atoms with Gasteiger partial charge < -0.3 is 14.3 Å². The molecule has 0 radical (unpaired) electrons. The second-order valence-corrected chi connectivity index (χ2v) is 6.84. The van der Waals surface area contributed by atoms with E-state index in [9.17, 15) is 5.11 Å². The minimum absolute atomic E-state index is 0.310. The second-order valence-electron chi connectivity index (χ2n) is 5.70. The number of likely N-dealkylation sites (tertiary alicyclic amines) is 1. The maximum atomic E-state index is 9.61. The number of thiazole rings is 1. The third kappa shape index (κ3) is 3.41. The molecule has 0 saturated carbocycles. The molecule has 120 valence electrons. The van der Waals surface area contributed by atoms with Gasteiger partial charge in [0.2, 0.25) is 0 Å². The first-order valence-corrected chi connectivity index (χ1v) is 8.43. The predicted molar refractivity (Wildman–Crippen MR) is 84.6 cm³/mol. The van der Waals surface area contributed by atoms with Crippen LogP contribution in [0.1, 0.15) is 53.3 Å². The highest BCUT2D eigenvalue weighted by Crippen LogP contribution is 2.35. The van der Waals surface area contributed by atoms with Gasteiger partial charge in [-0.15, -0.1) is 11.3 Å². The fourth-order valence-corrected chi connectivity index (χ4v) is 3.78. The monoisotopic (exact) mass is 322 g/mol. The van der Waals surface area contributed by atoms with Crippen LogP contribution in [0.15, 0.2) is 22.7 Å². The minimum atomic E-state index is -0.442. The number of aromatic nitrogens is 1. The first-order chi connectivity index (χ1) is 10.7. The molecule has 2 aromatic heterocycles. The molecule has 1 aliphatic heterocycles. The fourth-order valence-electron chi connectivity index (χ4n) is 2.90. The summed E-state index contributed by atoms with van der Waals surface area (Å²) in [5.41, 5.74) is 0. The Kier molecular flexibility index (Phi) is 4.93. The Labute approximate surface area is 134 Å². The number of methoxy groups -OCH3 is 1. The Bertz CT molecular complexity index is 608. The molecule has 22 heavy (non-hydrogen) atoms. The molecule has 0 unspecified atom stereocenters. The molecule has 5 nitrogen and oxygen atoms in total. The Morgan fingerprint density at radius 1 is 1.55 bits per heavy atom. The molecular weight excluding hydrogens is 300 g/mol. The highest BCUT2D eigenvalue weighted by molar-refractivity contribution is 7.11. The van der Waals surface area contributed by atoms with Crippen LogP contribution >= 0.6 is 11.3 Å². The van der Waals surface area contributed by atoms with E-state index in [4.69, 9.17) is 9.15 Å². The zero-order valence-corrected chi connectivity index (χ0v) is 13.8. The minimum Gasteiger partial charge on any atom is -0.462 e. The standard InChI is InChI=1S/C16H22N2O3S/c1-11(19)15-8-17-16(22-15)9-18-7-3-4-13(18)14-6-5-12(21-14)10-20-2/h5-6,8,11,13,19H,3-4,7,9-10H2,1-2H3/t11-,13-/m1/s1. The van der Waals surface area contributed by atoms with Crippen LogP contribution in [0.4, 0.5) is 0 Å². The average molecular weight is 322 g/mol. The van der Waals surface area contributed by atoms with Crippen molar-refractivity contribution in [1.82, 2.24) is 9.88 Å². The molecule has 2 atom stereocenters. The molecule has 1 N–H and O–H groups in total. The summed E-state index contributed by atoms with van der Waals surface area (Å²) >= 11 is 1.58. The Hall–Kier alpha value is -1.21. The Morgan fingerprint density at radius 3 is 3.14 bits per heavy atom. The molecule has 3 rings (SSSR count). The summed E-state index contributed by atoms with van der Waals surface area (Å²) in [5.74, 6) is 1.88. The van der Waals surface area contributed by atoms with Crippen molar-refractivity contribution < 1.29 is 14.3 Å². The van der Waals surface area contributed by atoms with Crippen molar-refractivity contribution in [2.24, 2.45) is 0 Å². The van der Waals surface area contributed by atoms with Gasteiger partial charge in [-0.3, -0.25) is 4.90 Å². The van der Waals surface area contributed by atoms with E-state index in [1.165, 1.54) is 6.42 Å². The van der Waals surface area contributed by atoms with Crippen LogP contribution in [-0.2, 0) is 17.9 Å². The zero-order chi connectivity index (χ0) is 15.5. The fraction of sp³-hybridized carbons (Fsp3) is 0.562. The smallest absolute Gasteiger partial charge is 0.129 e. The molecular formula is C16H22N2O3S. The summed E-state index contributed by atoms with van der Waals surface area (Å²) in [7, 11) is 1.67. The van der Waals surface area contributed by atoms with Gasteiger partial charge in [-0.05, 0) is 38.4 Å².